The molecule has 1 fully saturated rings. The van der Waals surface area contributed by atoms with Crippen molar-refractivity contribution in [3.8, 4) is 0 Å². The third-order valence-electron chi connectivity index (χ3n) is 9.80. The first-order chi connectivity index (χ1) is 32.3. The number of phosphoric ester groups is 3. The van der Waals surface area contributed by atoms with Gasteiger partial charge in [-0.3, -0.25) is 37.3 Å². The second kappa shape index (κ2) is 28.4. The van der Waals surface area contributed by atoms with Gasteiger partial charge in [0.1, 0.15) is 42.0 Å². The number of phosphoric acid groups is 3. The number of Topliss-reactive ketones (excluding diaryl/α,β-unsaturated/α-hetero) is 1. The van der Waals surface area contributed by atoms with E-state index >= 15 is 0 Å². The molecule has 0 aromatic carbocycles. The summed E-state index contributed by atoms with van der Waals surface area (Å²) in [6.07, 6.45) is 8.50. The van der Waals surface area contributed by atoms with Crippen LogP contribution >= 0.6 is 35.2 Å². The standard InChI is InChI=1S/C39H62N7O19P3S/c1-4-5-6-7-8-11-14-26(47)15-12-9-10-13-16-27(48)21-30(50)69-20-19-41-29(49)17-18-42-37(53)34(52)39(2,3)23-62-68(59,60)65-67(57,58)61-22-28-33(64-66(54,55)56)32(51)38(63-28)46-25-45-31-35(40)43-24-44-36(31)46/h8-12,15,24-26,28,32-34,38,47,51-52H,4-7,13-14,16-23H2,1-3H3,(H,41,49)(H,42,53)(H,57,58)(H,59,60)(H2,40,43,44)(H2,54,55,56)/b10-9+,11-8-,15-12+/t26-,28+,32+,33+,34-,38+/m0/s1. The Morgan fingerprint density at radius 1 is 0.957 bits per heavy atom. The van der Waals surface area contributed by atoms with Crippen LogP contribution in [-0.4, -0.2) is 140 Å². The maximum atomic E-state index is 12.7. The van der Waals surface area contributed by atoms with E-state index in [1.54, 1.807) is 24.3 Å². The lowest BCUT2D eigenvalue weighted by molar-refractivity contribution is -0.137. The number of thioether (sulfide) groups is 1. The number of aliphatic hydroxyl groups is 3. The molecule has 1 saturated heterocycles. The van der Waals surface area contributed by atoms with Gasteiger partial charge in [-0.15, -0.1) is 0 Å². The molecule has 69 heavy (non-hydrogen) atoms. The number of nitrogens with two attached hydrogens (primary N) is 1. The predicted octanol–water partition coefficient (Wildman–Crippen LogP) is 2.40. The maximum absolute atomic E-state index is 12.7. The minimum Gasteiger partial charge on any atom is -0.389 e. The molecule has 26 nitrogen and oxygen atoms in total. The fourth-order valence-corrected chi connectivity index (χ4v) is 9.68. The summed E-state index contributed by atoms with van der Waals surface area (Å²) in [7, 11) is -16.5. The average Bonchev–Trinajstić information content (AvgIpc) is 3.82. The Kier molecular flexibility index (Phi) is 24.6. The van der Waals surface area contributed by atoms with E-state index in [-0.39, 0.29) is 66.0 Å². The zero-order valence-electron chi connectivity index (χ0n) is 38.1. The van der Waals surface area contributed by atoms with Gasteiger partial charge >= 0.3 is 23.5 Å². The molecule has 1 aliphatic heterocycles. The molecule has 8 atom stereocenters. The van der Waals surface area contributed by atoms with E-state index in [4.69, 9.17) is 19.5 Å². The highest BCUT2D eigenvalue weighted by molar-refractivity contribution is 8.13. The SMILES string of the molecule is CCCCC/C=C\C[C@H](O)/C=C/C=C/CCC(=O)CC(=O)SCCNC(=O)CCNC(=O)[C@H](O)C(C)(C)COP(=O)(O)OP(=O)(O)OC[C@H]1O[C@@H](n2cnc3c(N)ncnc32)[C@H](O)[C@@H]1OP(=O)(O)O. The molecule has 2 aromatic rings. The average molecular weight is 1060 g/mol. The van der Waals surface area contributed by atoms with E-state index < -0.39 is 90.7 Å². The Hall–Kier alpha value is -3.59. The van der Waals surface area contributed by atoms with Crippen molar-refractivity contribution in [3.05, 3.63) is 49.1 Å². The van der Waals surface area contributed by atoms with Gasteiger partial charge in [-0.1, -0.05) is 81.8 Å². The Balaban J connectivity index is 1.34. The minimum atomic E-state index is -5.60. The third-order valence-corrected chi connectivity index (χ3v) is 13.8. The summed E-state index contributed by atoms with van der Waals surface area (Å²) in [5.74, 6) is -1.64. The fraction of sp³-hybridized carbons (Fsp3) is 0.615. The number of fused-ring (bicyclic) bond motifs is 1. The molecule has 0 bridgehead atoms. The number of nitrogens with one attached hydrogen (secondary N) is 2. The van der Waals surface area contributed by atoms with Crippen molar-refractivity contribution in [1.29, 1.82) is 0 Å². The molecule has 11 N–H and O–H groups in total. The van der Waals surface area contributed by atoms with Gasteiger partial charge in [0, 0.05) is 37.1 Å². The van der Waals surface area contributed by atoms with Crippen LogP contribution in [0.5, 0.6) is 0 Å². The number of aliphatic hydroxyl groups excluding tert-OH is 3. The van der Waals surface area contributed by atoms with Gasteiger partial charge in [0.15, 0.2) is 22.8 Å². The minimum absolute atomic E-state index is 0.0199. The highest BCUT2D eigenvalue weighted by atomic mass is 32.2. The molecular formula is C39H62N7O19P3S. The number of aromatic nitrogens is 4. The normalized spacial score (nSPS) is 20.6. The van der Waals surface area contributed by atoms with E-state index in [0.29, 0.717) is 12.8 Å². The second-order valence-corrected chi connectivity index (χ2v) is 21.5. The van der Waals surface area contributed by atoms with Crippen LogP contribution in [0.3, 0.4) is 0 Å². The largest absolute Gasteiger partial charge is 0.481 e. The highest BCUT2D eigenvalue weighted by Crippen LogP contribution is 2.61. The number of carbonyl (C=O) groups excluding carboxylic acids is 4. The lowest BCUT2D eigenvalue weighted by Crippen LogP contribution is -2.46. The maximum Gasteiger partial charge on any atom is 0.481 e. The van der Waals surface area contributed by atoms with Crippen LogP contribution in [0.15, 0.2) is 49.1 Å². The van der Waals surface area contributed by atoms with Gasteiger partial charge < -0.3 is 56.0 Å². The van der Waals surface area contributed by atoms with Crippen LogP contribution in [0.1, 0.15) is 84.8 Å². The summed E-state index contributed by atoms with van der Waals surface area (Å²) < 4.78 is 62.3. The van der Waals surface area contributed by atoms with Crippen molar-refractivity contribution < 1.29 is 90.4 Å². The highest BCUT2D eigenvalue weighted by Gasteiger charge is 2.50. The first-order valence-electron chi connectivity index (χ1n) is 21.6. The summed E-state index contributed by atoms with van der Waals surface area (Å²) in [5, 5.41) is 36.1. The van der Waals surface area contributed by atoms with E-state index in [1.807, 2.05) is 6.08 Å². The van der Waals surface area contributed by atoms with Crippen LogP contribution in [0.2, 0.25) is 0 Å². The molecule has 0 spiro atoms. The number of amides is 2. The molecule has 2 amide bonds. The third kappa shape index (κ3) is 21.7. The van der Waals surface area contributed by atoms with Crippen molar-refractivity contribution in [2.45, 2.75) is 115 Å². The summed E-state index contributed by atoms with van der Waals surface area (Å²) in [6.45, 7) is 2.37. The number of ether oxygens (including phenoxy) is 1. The molecule has 3 heterocycles. The Morgan fingerprint density at radius 3 is 2.39 bits per heavy atom. The quantitative estimate of drug-likeness (QED) is 0.0165. The van der Waals surface area contributed by atoms with Crippen molar-refractivity contribution in [3.63, 3.8) is 0 Å². The molecule has 2 unspecified atom stereocenters. The summed E-state index contributed by atoms with van der Waals surface area (Å²) in [4.78, 5) is 100. The van der Waals surface area contributed by atoms with Crippen molar-refractivity contribution in [2.24, 2.45) is 5.41 Å². The van der Waals surface area contributed by atoms with Crippen LogP contribution in [0.4, 0.5) is 5.82 Å². The number of imidazole rings is 1. The lowest BCUT2D eigenvalue weighted by atomic mass is 9.87. The number of anilines is 1. The van der Waals surface area contributed by atoms with Crippen molar-refractivity contribution in [1.82, 2.24) is 30.2 Å². The predicted molar refractivity (Wildman–Crippen MR) is 248 cm³/mol. The molecule has 1 aliphatic rings. The molecule has 30 heteroatoms. The number of ketones is 1. The first kappa shape index (κ1) is 59.7. The molecule has 3 rings (SSSR count). The van der Waals surface area contributed by atoms with Crippen LogP contribution in [-0.2, 0) is 55.5 Å². The number of carbonyl (C=O) groups is 4. The molecule has 0 radical (unpaired) electrons. The zero-order valence-corrected chi connectivity index (χ0v) is 41.6. The number of hydrogen-bond acceptors (Lipinski definition) is 20. The zero-order chi connectivity index (χ0) is 51.4. The van der Waals surface area contributed by atoms with E-state index in [0.717, 1.165) is 48.2 Å². The second-order valence-electron chi connectivity index (χ2n) is 16.1. The smallest absolute Gasteiger partial charge is 0.389 e. The monoisotopic (exact) mass is 1060 g/mol. The molecule has 2 aromatic heterocycles. The molecular weight excluding hydrogens is 995 g/mol. The van der Waals surface area contributed by atoms with Crippen molar-refractivity contribution >= 4 is 74.9 Å². The Morgan fingerprint density at radius 2 is 1.68 bits per heavy atom. The summed E-state index contributed by atoms with van der Waals surface area (Å²) in [6, 6.07) is 0. The van der Waals surface area contributed by atoms with Gasteiger partial charge in [-0.25, -0.2) is 28.6 Å². The molecule has 0 aliphatic carbocycles. The fourth-order valence-electron chi connectivity index (χ4n) is 6.15. The first-order valence-corrected chi connectivity index (χ1v) is 27.1. The number of nitrogen functional groups attached to an aromatic ring is 1. The van der Waals surface area contributed by atoms with E-state index in [9.17, 15) is 67.8 Å². The Bertz CT molecular complexity index is 2260. The van der Waals surface area contributed by atoms with Crippen molar-refractivity contribution in [2.75, 3.05) is 37.8 Å². The Labute approximate surface area is 402 Å². The van der Waals surface area contributed by atoms with Gasteiger partial charge in [0.05, 0.1) is 32.1 Å². The van der Waals surface area contributed by atoms with Gasteiger partial charge in [-0.2, -0.15) is 4.31 Å². The van der Waals surface area contributed by atoms with Gasteiger partial charge in [-0.05, 0) is 25.7 Å². The number of nitrogens with zero attached hydrogens (tertiary/aromatic N) is 4. The summed E-state index contributed by atoms with van der Waals surface area (Å²) >= 11 is 0.877. The van der Waals surface area contributed by atoms with Gasteiger partial charge in [0.25, 0.3) is 0 Å². The lowest BCUT2D eigenvalue weighted by Gasteiger charge is -2.30. The number of rotatable bonds is 32. The van der Waals surface area contributed by atoms with Gasteiger partial charge in [0.2, 0.25) is 11.8 Å². The topological polar surface area (TPSA) is 401 Å². The van der Waals surface area contributed by atoms with Crippen LogP contribution < -0.4 is 16.4 Å². The number of allylic oxidation sites excluding steroid dienone is 4. The van der Waals surface area contributed by atoms with Crippen LogP contribution in [0.25, 0.3) is 11.2 Å². The molecule has 0 saturated carbocycles. The van der Waals surface area contributed by atoms with E-state index in [2.05, 4.69) is 47.4 Å². The van der Waals surface area contributed by atoms with Crippen LogP contribution in [0, 0.1) is 5.41 Å². The van der Waals surface area contributed by atoms with E-state index in [1.165, 1.54) is 20.3 Å². The number of unbranched alkanes of at least 4 members (excludes halogenated alkanes) is 3. The molecule has 388 valence electrons. The number of hydrogen-bond donors (Lipinski definition) is 10. The summed E-state index contributed by atoms with van der Waals surface area (Å²) in [5.41, 5.74) is 4.21.